The Balaban J connectivity index is 2.24. The number of nitrogens with zero attached hydrogens (tertiary/aromatic N) is 3. The van der Waals surface area contributed by atoms with Crippen molar-refractivity contribution in [1.82, 2.24) is 15.0 Å². The summed E-state index contributed by atoms with van der Waals surface area (Å²) in [5, 5.41) is 8.26. The lowest BCUT2D eigenvalue weighted by Crippen LogP contribution is -2.29. The molecule has 0 fully saturated rings. The summed E-state index contributed by atoms with van der Waals surface area (Å²) in [6, 6.07) is 6.44. The van der Waals surface area contributed by atoms with Crippen molar-refractivity contribution >= 4 is 0 Å². The number of aryl methyl sites for hydroxylation is 2. The Hall–Kier alpha value is -1.68. The first-order chi connectivity index (χ1) is 8.36. The minimum Gasteiger partial charge on any atom is -0.320 e. The van der Waals surface area contributed by atoms with Crippen molar-refractivity contribution in [2.45, 2.75) is 39.8 Å². The second-order valence-corrected chi connectivity index (χ2v) is 5.45. The highest BCUT2D eigenvalue weighted by Crippen LogP contribution is 2.15. The van der Waals surface area contributed by atoms with Crippen molar-refractivity contribution in [2.75, 3.05) is 0 Å². The first-order valence-electron chi connectivity index (χ1n) is 6.12. The molecule has 0 bridgehead atoms. The van der Waals surface area contributed by atoms with E-state index in [0.717, 1.165) is 12.2 Å². The molecule has 0 spiro atoms. The van der Waals surface area contributed by atoms with E-state index in [0.29, 0.717) is 0 Å². The first kappa shape index (κ1) is 12.8. The van der Waals surface area contributed by atoms with Gasteiger partial charge in [0.05, 0.1) is 18.3 Å². The van der Waals surface area contributed by atoms with Crippen LogP contribution in [0.5, 0.6) is 0 Å². The van der Waals surface area contributed by atoms with Crippen molar-refractivity contribution in [3.8, 4) is 0 Å². The number of rotatable bonds is 3. The summed E-state index contributed by atoms with van der Waals surface area (Å²) < 4.78 is 1.84. The highest BCUT2D eigenvalue weighted by atomic mass is 15.4. The summed E-state index contributed by atoms with van der Waals surface area (Å²) in [7, 11) is 0. The van der Waals surface area contributed by atoms with E-state index in [-0.39, 0.29) is 0 Å². The molecule has 1 aromatic carbocycles. The minimum absolute atomic E-state index is 0.445. The van der Waals surface area contributed by atoms with Crippen LogP contribution in [0, 0.1) is 13.8 Å². The molecule has 0 aliphatic carbocycles. The first-order valence-corrected chi connectivity index (χ1v) is 6.12. The molecule has 2 N–H and O–H groups in total. The molecule has 0 aliphatic heterocycles. The summed E-state index contributed by atoms with van der Waals surface area (Å²) in [4.78, 5) is 0. The lowest BCUT2D eigenvalue weighted by molar-refractivity contribution is 0.533. The van der Waals surface area contributed by atoms with Crippen LogP contribution in [0.25, 0.3) is 0 Å². The molecule has 0 unspecified atom stereocenters. The van der Waals surface area contributed by atoms with E-state index in [4.69, 9.17) is 5.73 Å². The van der Waals surface area contributed by atoms with Gasteiger partial charge in [-0.3, -0.25) is 0 Å². The van der Waals surface area contributed by atoms with Gasteiger partial charge in [0.15, 0.2) is 0 Å². The molecule has 4 nitrogen and oxygen atoms in total. The molecule has 0 aliphatic rings. The van der Waals surface area contributed by atoms with Crippen LogP contribution in [0.1, 0.15) is 36.2 Å². The van der Waals surface area contributed by atoms with Crippen LogP contribution in [0.2, 0.25) is 0 Å². The SMILES string of the molecule is Cc1ccc(C)c(Cn2cc(C(C)(C)N)nn2)c1. The quantitative estimate of drug-likeness (QED) is 0.900. The highest BCUT2D eigenvalue weighted by Gasteiger charge is 2.18. The van der Waals surface area contributed by atoms with E-state index in [9.17, 15) is 0 Å². The van der Waals surface area contributed by atoms with Gasteiger partial charge in [0.25, 0.3) is 0 Å². The second-order valence-electron chi connectivity index (χ2n) is 5.45. The fourth-order valence-electron chi connectivity index (χ4n) is 1.82. The smallest absolute Gasteiger partial charge is 0.102 e. The third kappa shape index (κ3) is 2.76. The Labute approximate surface area is 108 Å². The number of aromatic nitrogens is 3. The zero-order chi connectivity index (χ0) is 13.3. The summed E-state index contributed by atoms with van der Waals surface area (Å²) in [6.07, 6.45) is 1.92. The lowest BCUT2D eigenvalue weighted by atomic mass is 10.0. The predicted molar refractivity (Wildman–Crippen MR) is 72.3 cm³/mol. The average Bonchev–Trinajstić information content (AvgIpc) is 2.71. The van der Waals surface area contributed by atoms with E-state index in [1.807, 2.05) is 24.7 Å². The third-order valence-corrected chi connectivity index (χ3v) is 3.04. The molecule has 1 heterocycles. The highest BCUT2D eigenvalue weighted by molar-refractivity contribution is 5.30. The zero-order valence-corrected chi connectivity index (χ0v) is 11.4. The number of benzene rings is 1. The van der Waals surface area contributed by atoms with Crippen LogP contribution in [0.4, 0.5) is 0 Å². The molecule has 18 heavy (non-hydrogen) atoms. The lowest BCUT2D eigenvalue weighted by Gasteiger charge is -2.13. The van der Waals surface area contributed by atoms with Crippen LogP contribution in [0.15, 0.2) is 24.4 Å². The summed E-state index contributed by atoms with van der Waals surface area (Å²) in [6.45, 7) is 8.80. The van der Waals surface area contributed by atoms with Gasteiger partial charge >= 0.3 is 0 Å². The van der Waals surface area contributed by atoms with Gasteiger partial charge in [0.2, 0.25) is 0 Å². The molecule has 1 aromatic heterocycles. The number of hydrogen-bond acceptors (Lipinski definition) is 3. The van der Waals surface area contributed by atoms with E-state index in [1.165, 1.54) is 16.7 Å². The van der Waals surface area contributed by atoms with E-state index < -0.39 is 5.54 Å². The van der Waals surface area contributed by atoms with Crippen LogP contribution in [0.3, 0.4) is 0 Å². The van der Waals surface area contributed by atoms with Crippen molar-refractivity contribution in [3.05, 3.63) is 46.8 Å². The van der Waals surface area contributed by atoms with Crippen LogP contribution >= 0.6 is 0 Å². The van der Waals surface area contributed by atoms with Gasteiger partial charge in [-0.15, -0.1) is 5.10 Å². The van der Waals surface area contributed by atoms with Gasteiger partial charge in [-0.25, -0.2) is 4.68 Å². The largest absolute Gasteiger partial charge is 0.320 e. The normalized spacial score (nSPS) is 11.8. The molecule has 0 saturated carbocycles. The Morgan fingerprint density at radius 2 is 2.00 bits per heavy atom. The summed E-state index contributed by atoms with van der Waals surface area (Å²) in [5.41, 5.74) is 10.2. The summed E-state index contributed by atoms with van der Waals surface area (Å²) >= 11 is 0. The van der Waals surface area contributed by atoms with Crippen LogP contribution in [-0.4, -0.2) is 15.0 Å². The fourth-order valence-corrected chi connectivity index (χ4v) is 1.82. The van der Waals surface area contributed by atoms with E-state index >= 15 is 0 Å². The molecule has 0 amide bonds. The molecule has 0 atom stereocenters. The predicted octanol–water partition coefficient (Wildman–Crippen LogP) is 2.14. The molecular weight excluding hydrogens is 224 g/mol. The topological polar surface area (TPSA) is 56.7 Å². The molecule has 0 saturated heterocycles. The standard InChI is InChI=1S/C14H20N4/c1-10-5-6-11(2)12(7-10)8-18-9-13(16-17-18)14(3,4)15/h5-7,9H,8,15H2,1-4H3. The number of hydrogen-bond donors (Lipinski definition) is 1. The van der Waals surface area contributed by atoms with Gasteiger partial charge in [-0.2, -0.15) is 0 Å². The molecule has 0 radical (unpaired) electrons. The molecular formula is C14H20N4. The fraction of sp³-hybridized carbons (Fsp3) is 0.429. The molecule has 2 rings (SSSR count). The maximum Gasteiger partial charge on any atom is 0.102 e. The monoisotopic (exact) mass is 244 g/mol. The Kier molecular flexibility index (Phi) is 3.22. The van der Waals surface area contributed by atoms with E-state index in [1.54, 1.807) is 0 Å². The third-order valence-electron chi connectivity index (χ3n) is 3.04. The average molecular weight is 244 g/mol. The van der Waals surface area contributed by atoms with Crippen molar-refractivity contribution in [1.29, 1.82) is 0 Å². The van der Waals surface area contributed by atoms with Gasteiger partial charge in [0.1, 0.15) is 5.69 Å². The van der Waals surface area contributed by atoms with Crippen molar-refractivity contribution in [3.63, 3.8) is 0 Å². The van der Waals surface area contributed by atoms with Gasteiger partial charge in [-0.05, 0) is 38.8 Å². The molecule has 96 valence electrons. The summed E-state index contributed by atoms with van der Waals surface area (Å²) in [5.74, 6) is 0. The maximum absolute atomic E-state index is 6.00. The van der Waals surface area contributed by atoms with E-state index in [2.05, 4.69) is 42.4 Å². The van der Waals surface area contributed by atoms with Crippen LogP contribution in [-0.2, 0) is 12.1 Å². The van der Waals surface area contributed by atoms with Crippen molar-refractivity contribution in [2.24, 2.45) is 5.73 Å². The van der Waals surface area contributed by atoms with Gasteiger partial charge in [-0.1, -0.05) is 29.0 Å². The maximum atomic E-state index is 6.00. The molecule has 4 heteroatoms. The van der Waals surface area contributed by atoms with Crippen molar-refractivity contribution < 1.29 is 0 Å². The number of nitrogens with two attached hydrogens (primary N) is 1. The minimum atomic E-state index is -0.445. The second kappa shape index (κ2) is 4.53. The van der Waals surface area contributed by atoms with Gasteiger partial charge in [0, 0.05) is 0 Å². The Morgan fingerprint density at radius 1 is 1.28 bits per heavy atom. The van der Waals surface area contributed by atoms with Gasteiger partial charge < -0.3 is 5.73 Å². The Morgan fingerprint density at radius 3 is 2.61 bits per heavy atom. The zero-order valence-electron chi connectivity index (χ0n) is 11.4. The van der Waals surface area contributed by atoms with Crippen LogP contribution < -0.4 is 5.73 Å². The Bertz CT molecular complexity index is 549. The molecule has 2 aromatic rings.